The molecule has 0 aliphatic heterocycles. The van der Waals surface area contributed by atoms with Crippen LogP contribution in [0.25, 0.3) is 0 Å². The van der Waals surface area contributed by atoms with Gasteiger partial charge in [0.1, 0.15) is 18.1 Å². The topological polar surface area (TPSA) is 237 Å². The quantitative estimate of drug-likeness (QED) is 0.120. The van der Waals surface area contributed by atoms with Gasteiger partial charge in [0.15, 0.2) is 0 Å². The number of carbonyl (C=O) groups excluding carboxylic acids is 5. The summed E-state index contributed by atoms with van der Waals surface area (Å²) in [5, 5.41) is 16.5. The Bertz CT molecular complexity index is 735. The van der Waals surface area contributed by atoms with E-state index >= 15 is 0 Å². The van der Waals surface area contributed by atoms with Gasteiger partial charge in [-0.3, -0.25) is 24.0 Å². The monoisotopic (exact) mass is 490 g/mol. The van der Waals surface area contributed by atoms with Crippen molar-refractivity contribution in [1.29, 1.82) is 0 Å². The van der Waals surface area contributed by atoms with E-state index in [0.29, 0.717) is 12.2 Å². The van der Waals surface area contributed by atoms with Gasteiger partial charge in [-0.15, -0.1) is 0 Å². The van der Waals surface area contributed by atoms with Crippen LogP contribution in [0.5, 0.6) is 0 Å². The van der Waals surface area contributed by atoms with Crippen LogP contribution in [0.2, 0.25) is 0 Å². The van der Waals surface area contributed by atoms with Crippen LogP contribution in [0.4, 0.5) is 0 Å². The van der Waals surface area contributed by atoms with E-state index in [2.05, 4.69) is 16.0 Å². The van der Waals surface area contributed by atoms with E-state index in [4.69, 9.17) is 17.2 Å². The third-order valence-corrected chi connectivity index (χ3v) is 5.46. The van der Waals surface area contributed by atoms with Crippen molar-refractivity contribution in [2.45, 2.75) is 63.7 Å². The lowest BCUT2D eigenvalue weighted by molar-refractivity contribution is -0.144. The number of nitrogens with two attached hydrogens (primary N) is 3. The summed E-state index contributed by atoms with van der Waals surface area (Å²) in [5.74, 6) is -5.40. The third kappa shape index (κ3) is 11.5. The van der Waals surface area contributed by atoms with Gasteiger partial charge < -0.3 is 38.3 Å². The summed E-state index contributed by atoms with van der Waals surface area (Å²) in [4.78, 5) is 71.6. The fourth-order valence-electron chi connectivity index (χ4n) is 2.71. The number of carboxylic acid groups (broad SMARTS) is 1. The smallest absolute Gasteiger partial charge is 0.326 e. The molecule has 10 N–H and O–H groups in total. The minimum atomic E-state index is -1.47. The van der Waals surface area contributed by atoms with Crippen LogP contribution in [-0.4, -0.2) is 76.8 Å². The minimum absolute atomic E-state index is 0.157. The fourth-order valence-corrected chi connectivity index (χ4v) is 3.18. The van der Waals surface area contributed by atoms with Crippen LogP contribution in [0.3, 0.4) is 0 Å². The molecule has 0 aliphatic rings. The van der Waals surface area contributed by atoms with Crippen LogP contribution in [0.15, 0.2) is 0 Å². The number of thioether (sulfide) groups is 1. The molecule has 13 nitrogen and oxygen atoms in total. The first kappa shape index (κ1) is 30.1. The zero-order valence-corrected chi connectivity index (χ0v) is 19.8. The summed E-state index contributed by atoms with van der Waals surface area (Å²) in [7, 11) is 0. The molecule has 0 aromatic carbocycles. The lowest BCUT2D eigenvalue weighted by atomic mass is 9.98. The van der Waals surface area contributed by atoms with E-state index in [-0.39, 0.29) is 12.3 Å². The van der Waals surface area contributed by atoms with Gasteiger partial charge in [-0.05, 0) is 24.3 Å². The van der Waals surface area contributed by atoms with E-state index in [1.807, 2.05) is 0 Å². The molecule has 0 aromatic heterocycles. The molecule has 14 heteroatoms. The summed E-state index contributed by atoms with van der Waals surface area (Å²) >= 11 is 1.40. The third-order valence-electron chi connectivity index (χ3n) is 4.82. The van der Waals surface area contributed by atoms with Crippen LogP contribution < -0.4 is 33.2 Å². The first-order valence-electron chi connectivity index (χ1n) is 10.3. The van der Waals surface area contributed by atoms with Gasteiger partial charge in [0.05, 0.1) is 18.9 Å². The lowest BCUT2D eigenvalue weighted by Gasteiger charge is -2.26. The summed E-state index contributed by atoms with van der Waals surface area (Å²) in [6.45, 7) is 3.45. The second-order valence-corrected chi connectivity index (χ2v) is 8.55. The van der Waals surface area contributed by atoms with E-state index in [0.717, 1.165) is 0 Å². The molecule has 0 radical (unpaired) electrons. The molecule has 0 saturated carbocycles. The SMILES string of the molecule is CCC(C)C(NC(=O)C(CCSC)NC(=O)C(CC(N)=O)NC(=O)C(N)CC(N)=O)C(=O)O. The Balaban J connectivity index is 5.53. The van der Waals surface area contributed by atoms with Crippen molar-refractivity contribution in [3.8, 4) is 0 Å². The molecule has 0 fully saturated rings. The average Bonchev–Trinajstić information content (AvgIpc) is 2.72. The number of hydrogen-bond donors (Lipinski definition) is 7. The Labute approximate surface area is 196 Å². The van der Waals surface area contributed by atoms with Gasteiger partial charge >= 0.3 is 5.97 Å². The number of carbonyl (C=O) groups is 6. The average molecular weight is 491 g/mol. The second kappa shape index (κ2) is 15.1. The minimum Gasteiger partial charge on any atom is -0.480 e. The number of nitrogens with one attached hydrogen (secondary N) is 3. The van der Waals surface area contributed by atoms with Gasteiger partial charge in [0, 0.05) is 0 Å². The first-order valence-corrected chi connectivity index (χ1v) is 11.7. The van der Waals surface area contributed by atoms with Gasteiger partial charge in [-0.2, -0.15) is 11.8 Å². The van der Waals surface area contributed by atoms with Crippen LogP contribution in [0, 0.1) is 5.92 Å². The molecule has 0 spiro atoms. The summed E-state index contributed by atoms with van der Waals surface area (Å²) in [6, 6.07) is -5.12. The van der Waals surface area contributed by atoms with Crippen LogP contribution >= 0.6 is 11.8 Å². The predicted octanol–water partition coefficient (Wildman–Crippen LogP) is -2.60. The van der Waals surface area contributed by atoms with E-state index < -0.39 is 72.5 Å². The van der Waals surface area contributed by atoms with Gasteiger partial charge in [-0.1, -0.05) is 20.3 Å². The van der Waals surface area contributed by atoms with Crippen molar-refractivity contribution >= 4 is 47.3 Å². The largest absolute Gasteiger partial charge is 0.480 e. The molecule has 0 saturated heterocycles. The molecule has 0 aromatic rings. The molecular weight excluding hydrogens is 456 g/mol. The Morgan fingerprint density at radius 1 is 0.879 bits per heavy atom. The molecule has 33 heavy (non-hydrogen) atoms. The Morgan fingerprint density at radius 3 is 1.85 bits per heavy atom. The Kier molecular flexibility index (Phi) is 13.7. The molecule has 5 unspecified atom stereocenters. The standard InChI is InChI=1S/C19H34N6O7S/c1-4-9(2)15(19(31)32)25-17(29)11(5-6-33-3)23-18(30)12(8-14(22)27)24-16(28)10(20)7-13(21)26/h9-12,15H,4-8,20H2,1-3H3,(H2,21,26)(H2,22,27)(H,23,30)(H,24,28)(H,25,29)(H,31,32). The molecule has 0 aliphatic carbocycles. The lowest BCUT2D eigenvalue weighted by Crippen LogP contribution is -2.58. The molecule has 0 bridgehead atoms. The summed E-state index contributed by atoms with van der Waals surface area (Å²) in [5.41, 5.74) is 15.7. The normalized spacial score (nSPS) is 15.3. The number of rotatable bonds is 16. The highest BCUT2D eigenvalue weighted by molar-refractivity contribution is 7.98. The maximum Gasteiger partial charge on any atom is 0.326 e. The Hall–Kier alpha value is -2.87. The summed E-state index contributed by atoms with van der Waals surface area (Å²) in [6.07, 6.45) is 1.36. The van der Waals surface area contributed by atoms with Crippen molar-refractivity contribution in [3.05, 3.63) is 0 Å². The number of hydrogen-bond acceptors (Lipinski definition) is 8. The van der Waals surface area contributed by atoms with Crippen molar-refractivity contribution in [1.82, 2.24) is 16.0 Å². The van der Waals surface area contributed by atoms with Crippen molar-refractivity contribution < 1.29 is 33.9 Å². The highest BCUT2D eigenvalue weighted by Crippen LogP contribution is 2.10. The number of amides is 5. The van der Waals surface area contributed by atoms with Gasteiger partial charge in [-0.25, -0.2) is 4.79 Å². The number of primary amides is 2. The molecule has 0 heterocycles. The molecule has 188 valence electrons. The van der Waals surface area contributed by atoms with Gasteiger partial charge in [0.2, 0.25) is 29.5 Å². The molecule has 5 atom stereocenters. The van der Waals surface area contributed by atoms with Gasteiger partial charge in [0.25, 0.3) is 0 Å². The van der Waals surface area contributed by atoms with E-state index in [1.54, 1.807) is 20.1 Å². The highest BCUT2D eigenvalue weighted by Gasteiger charge is 2.32. The maximum absolute atomic E-state index is 12.8. The molecular formula is C19H34N6O7S. The molecule has 0 rings (SSSR count). The zero-order chi connectivity index (χ0) is 25.7. The Morgan fingerprint density at radius 2 is 1.39 bits per heavy atom. The van der Waals surface area contributed by atoms with Crippen molar-refractivity contribution in [3.63, 3.8) is 0 Å². The number of carboxylic acids is 1. The van der Waals surface area contributed by atoms with Crippen molar-refractivity contribution in [2.75, 3.05) is 12.0 Å². The fraction of sp³-hybridized carbons (Fsp3) is 0.684. The van der Waals surface area contributed by atoms with Crippen LogP contribution in [0.1, 0.15) is 39.5 Å². The summed E-state index contributed by atoms with van der Waals surface area (Å²) < 4.78 is 0. The second-order valence-electron chi connectivity index (χ2n) is 7.56. The zero-order valence-electron chi connectivity index (χ0n) is 19.0. The maximum atomic E-state index is 12.8. The predicted molar refractivity (Wildman–Crippen MR) is 121 cm³/mol. The van der Waals surface area contributed by atoms with E-state index in [9.17, 15) is 33.9 Å². The molecule has 5 amide bonds. The highest BCUT2D eigenvalue weighted by atomic mass is 32.2. The van der Waals surface area contributed by atoms with Crippen LogP contribution in [-0.2, 0) is 28.8 Å². The first-order chi connectivity index (χ1) is 15.3. The van der Waals surface area contributed by atoms with E-state index in [1.165, 1.54) is 11.8 Å². The van der Waals surface area contributed by atoms with Crippen molar-refractivity contribution in [2.24, 2.45) is 23.1 Å². The number of aliphatic carboxylic acids is 1.